The molecule has 3 aromatic rings. The van der Waals surface area contributed by atoms with Crippen molar-refractivity contribution in [1.82, 2.24) is 5.43 Å². The van der Waals surface area contributed by atoms with E-state index in [4.69, 9.17) is 9.47 Å². The fourth-order valence-electron chi connectivity index (χ4n) is 3.25. The summed E-state index contributed by atoms with van der Waals surface area (Å²) >= 11 is 0. The quantitative estimate of drug-likeness (QED) is 0.250. The van der Waals surface area contributed by atoms with Crippen LogP contribution < -0.4 is 20.2 Å². The lowest BCUT2D eigenvalue weighted by Crippen LogP contribution is -2.24. The van der Waals surface area contributed by atoms with Crippen molar-refractivity contribution in [3.05, 3.63) is 101 Å². The van der Waals surface area contributed by atoms with Gasteiger partial charge in [-0.2, -0.15) is 5.10 Å². The zero-order valence-electron chi connectivity index (χ0n) is 19.2. The molecule has 0 spiro atoms. The van der Waals surface area contributed by atoms with Crippen molar-refractivity contribution in [2.24, 2.45) is 5.10 Å². The molecule has 0 heterocycles. The first-order valence-corrected chi connectivity index (χ1v) is 10.7. The molecule has 6 nitrogen and oxygen atoms in total. The van der Waals surface area contributed by atoms with Crippen molar-refractivity contribution in [2.45, 2.75) is 26.9 Å². The van der Waals surface area contributed by atoms with E-state index in [0.29, 0.717) is 24.5 Å². The van der Waals surface area contributed by atoms with Crippen molar-refractivity contribution in [1.29, 1.82) is 0 Å². The molecule has 0 aliphatic heterocycles. The van der Waals surface area contributed by atoms with Crippen molar-refractivity contribution in [3.63, 3.8) is 0 Å². The third-order valence-electron chi connectivity index (χ3n) is 5.02. The number of hydrazone groups is 1. The second-order valence-corrected chi connectivity index (χ2v) is 7.62. The fourth-order valence-corrected chi connectivity index (χ4v) is 3.25. The minimum absolute atomic E-state index is 0.420. The molecule has 2 N–H and O–H groups in total. The molecular weight excluding hydrogens is 414 g/mol. The maximum atomic E-state index is 12.1. The Hall–Kier alpha value is -4.06. The highest BCUT2D eigenvalue weighted by molar-refractivity contribution is 5.91. The maximum Gasteiger partial charge on any atom is 0.339 e. The molecule has 0 saturated heterocycles. The first kappa shape index (κ1) is 23.6. The number of urea groups is 1. The molecule has 0 saturated carbocycles. The van der Waals surface area contributed by atoms with Gasteiger partial charge in [-0.25, -0.2) is 10.2 Å². The van der Waals surface area contributed by atoms with Crippen LogP contribution in [0.3, 0.4) is 0 Å². The summed E-state index contributed by atoms with van der Waals surface area (Å²) in [5.41, 5.74) is 8.15. The Bertz CT molecular complexity index is 1140. The number of nitrogens with one attached hydrogen (secondary N) is 2. The summed E-state index contributed by atoms with van der Waals surface area (Å²) in [6.45, 7) is 8.25. The second-order valence-electron chi connectivity index (χ2n) is 7.62. The van der Waals surface area contributed by atoms with Crippen LogP contribution in [-0.4, -0.2) is 19.4 Å². The number of rotatable bonds is 9. The van der Waals surface area contributed by atoms with Crippen LogP contribution in [0.4, 0.5) is 10.5 Å². The van der Waals surface area contributed by atoms with Crippen molar-refractivity contribution in [2.75, 3.05) is 12.4 Å². The minimum Gasteiger partial charge on any atom is -0.493 e. The summed E-state index contributed by atoms with van der Waals surface area (Å²) in [6.07, 6.45) is 3.97. The van der Waals surface area contributed by atoms with Gasteiger partial charge in [0.25, 0.3) is 0 Å². The highest BCUT2D eigenvalue weighted by Gasteiger charge is 2.13. The van der Waals surface area contributed by atoms with Crippen LogP contribution in [0, 0.1) is 13.8 Å². The molecular formula is C27H29N3O3. The van der Waals surface area contributed by atoms with Gasteiger partial charge in [-0.15, -0.1) is 6.58 Å². The van der Waals surface area contributed by atoms with Gasteiger partial charge in [0, 0.05) is 11.3 Å². The highest BCUT2D eigenvalue weighted by Crippen LogP contribution is 2.34. The summed E-state index contributed by atoms with van der Waals surface area (Å²) in [5, 5.41) is 6.84. The van der Waals surface area contributed by atoms with Crippen LogP contribution in [0.15, 0.2) is 78.4 Å². The number of benzene rings is 3. The monoisotopic (exact) mass is 443 g/mol. The molecule has 3 aromatic carbocycles. The average molecular weight is 444 g/mol. The lowest BCUT2D eigenvalue weighted by molar-refractivity contribution is 0.252. The Balaban J connectivity index is 1.72. The molecule has 0 fully saturated rings. The van der Waals surface area contributed by atoms with E-state index in [2.05, 4.69) is 41.5 Å². The molecule has 0 unspecified atom stereocenters. The van der Waals surface area contributed by atoms with Gasteiger partial charge in [0.2, 0.25) is 0 Å². The molecule has 0 bridgehead atoms. The van der Waals surface area contributed by atoms with E-state index < -0.39 is 6.03 Å². The van der Waals surface area contributed by atoms with Gasteiger partial charge in [-0.05, 0) is 55.2 Å². The number of allylic oxidation sites excluding steroid dienone is 1. The summed E-state index contributed by atoms with van der Waals surface area (Å²) < 4.78 is 11.7. The van der Waals surface area contributed by atoms with Gasteiger partial charge in [0.05, 0.1) is 13.3 Å². The number of carbonyl (C=O) groups is 1. The predicted molar refractivity (Wildman–Crippen MR) is 133 cm³/mol. The number of aryl methyl sites for hydroxylation is 2. The number of anilines is 1. The minimum atomic E-state index is -0.420. The number of amides is 2. The van der Waals surface area contributed by atoms with Gasteiger partial charge >= 0.3 is 6.03 Å². The van der Waals surface area contributed by atoms with E-state index in [-0.39, 0.29) is 0 Å². The van der Waals surface area contributed by atoms with E-state index in [1.165, 1.54) is 5.56 Å². The molecule has 2 amide bonds. The zero-order valence-corrected chi connectivity index (χ0v) is 19.2. The Morgan fingerprint density at radius 3 is 2.55 bits per heavy atom. The first-order valence-electron chi connectivity index (χ1n) is 10.7. The summed E-state index contributed by atoms with van der Waals surface area (Å²) in [6, 6.07) is 19.1. The van der Waals surface area contributed by atoms with Crippen LogP contribution >= 0.6 is 0 Å². The van der Waals surface area contributed by atoms with Crippen molar-refractivity contribution in [3.8, 4) is 11.5 Å². The topological polar surface area (TPSA) is 72.0 Å². The van der Waals surface area contributed by atoms with E-state index in [1.54, 1.807) is 13.3 Å². The van der Waals surface area contributed by atoms with Crippen LogP contribution in [0.5, 0.6) is 11.5 Å². The third kappa shape index (κ3) is 6.71. The Morgan fingerprint density at radius 2 is 1.85 bits per heavy atom. The maximum absolute atomic E-state index is 12.1. The Morgan fingerprint density at radius 1 is 1.09 bits per heavy atom. The number of carbonyl (C=O) groups excluding carboxylic acids is 1. The lowest BCUT2D eigenvalue weighted by atomic mass is 10.1. The van der Waals surface area contributed by atoms with Gasteiger partial charge in [-0.1, -0.05) is 54.1 Å². The van der Waals surface area contributed by atoms with Crippen LogP contribution in [0.2, 0.25) is 0 Å². The lowest BCUT2D eigenvalue weighted by Gasteiger charge is -2.16. The first-order chi connectivity index (χ1) is 16.0. The second kappa shape index (κ2) is 11.5. The molecule has 33 heavy (non-hydrogen) atoms. The van der Waals surface area contributed by atoms with E-state index in [0.717, 1.165) is 27.9 Å². The van der Waals surface area contributed by atoms with Crippen molar-refractivity contribution < 1.29 is 14.3 Å². The predicted octanol–water partition coefficient (Wildman–Crippen LogP) is 5.78. The number of ether oxygens (including phenoxy) is 2. The summed E-state index contributed by atoms with van der Waals surface area (Å²) in [4.78, 5) is 12.1. The zero-order chi connectivity index (χ0) is 23.6. The molecule has 0 aliphatic rings. The molecule has 0 atom stereocenters. The van der Waals surface area contributed by atoms with Gasteiger partial charge in [-0.3, -0.25) is 0 Å². The standard InChI is InChI=1S/C27H29N3O3/c1-5-8-23-15-22(17-28-30-27(31)29-24-10-7-6-9-20(24)3)16-25(32-4)26(23)33-18-21-13-11-19(2)12-14-21/h5-7,9-17H,1,8,18H2,2-4H3,(H2,29,30,31). The van der Waals surface area contributed by atoms with E-state index >= 15 is 0 Å². The van der Waals surface area contributed by atoms with E-state index in [1.807, 2.05) is 61.5 Å². The number of hydrogen-bond acceptors (Lipinski definition) is 4. The fraction of sp³-hybridized carbons (Fsp3) is 0.185. The van der Waals surface area contributed by atoms with Gasteiger partial charge in [0.15, 0.2) is 11.5 Å². The van der Waals surface area contributed by atoms with Gasteiger partial charge in [0.1, 0.15) is 6.61 Å². The highest BCUT2D eigenvalue weighted by atomic mass is 16.5. The SMILES string of the molecule is C=CCc1cc(C=NNC(=O)Nc2ccccc2C)cc(OC)c1OCc1ccc(C)cc1. The molecule has 0 radical (unpaired) electrons. The number of hydrogen-bond donors (Lipinski definition) is 2. The van der Waals surface area contributed by atoms with Gasteiger partial charge < -0.3 is 14.8 Å². The van der Waals surface area contributed by atoms with Crippen LogP contribution in [-0.2, 0) is 13.0 Å². The Kier molecular flexibility index (Phi) is 8.24. The molecule has 170 valence electrons. The Labute approximate surface area is 194 Å². The summed E-state index contributed by atoms with van der Waals surface area (Å²) in [5.74, 6) is 1.26. The number of methoxy groups -OCH3 is 1. The summed E-state index contributed by atoms with van der Waals surface area (Å²) in [7, 11) is 1.60. The molecule has 0 aromatic heterocycles. The van der Waals surface area contributed by atoms with E-state index in [9.17, 15) is 4.79 Å². The smallest absolute Gasteiger partial charge is 0.339 e. The normalized spacial score (nSPS) is 10.6. The third-order valence-corrected chi connectivity index (χ3v) is 5.02. The largest absolute Gasteiger partial charge is 0.493 e. The van der Waals surface area contributed by atoms with Crippen molar-refractivity contribution >= 4 is 17.9 Å². The van der Waals surface area contributed by atoms with Crippen LogP contribution in [0.1, 0.15) is 27.8 Å². The molecule has 6 heteroatoms. The average Bonchev–Trinajstić information content (AvgIpc) is 2.81. The molecule has 3 rings (SSSR count). The molecule has 0 aliphatic carbocycles. The number of para-hydroxylation sites is 1. The van der Waals surface area contributed by atoms with Crippen LogP contribution in [0.25, 0.3) is 0 Å². The number of nitrogens with zero attached hydrogens (tertiary/aromatic N) is 1.